The maximum Gasteiger partial charge on any atom is 0.134 e. The molecule has 4 nitrogen and oxygen atoms in total. The zero-order valence-corrected chi connectivity index (χ0v) is 12.0. The van der Waals surface area contributed by atoms with Crippen molar-refractivity contribution < 1.29 is 0 Å². The van der Waals surface area contributed by atoms with Crippen molar-refractivity contribution in [3.05, 3.63) is 47.3 Å². The average molecular weight is 268 g/mol. The molecule has 1 aromatic heterocycles. The Labute approximate surface area is 119 Å². The average Bonchev–Trinajstić information content (AvgIpc) is 2.47. The monoisotopic (exact) mass is 268 g/mol. The van der Waals surface area contributed by atoms with Crippen molar-refractivity contribution in [3.63, 3.8) is 0 Å². The number of rotatable bonds is 5. The van der Waals surface area contributed by atoms with Crippen LogP contribution < -0.4 is 10.6 Å². The van der Waals surface area contributed by atoms with Crippen LogP contribution in [0.4, 0.5) is 11.6 Å². The third kappa shape index (κ3) is 2.22. The molecule has 20 heavy (non-hydrogen) atoms. The molecule has 1 unspecified atom stereocenters. The predicted molar refractivity (Wildman–Crippen MR) is 82.3 cm³/mol. The van der Waals surface area contributed by atoms with Gasteiger partial charge in [-0.2, -0.15) is 0 Å². The first-order chi connectivity index (χ1) is 9.83. The first-order valence-electron chi connectivity index (χ1n) is 7.16. The Morgan fingerprint density at radius 1 is 1.20 bits per heavy atom. The fraction of sp³-hybridized carbons (Fsp3) is 0.375. The zero-order valence-electron chi connectivity index (χ0n) is 12.0. The lowest BCUT2D eigenvalue weighted by atomic mass is 9.77. The van der Waals surface area contributed by atoms with E-state index in [-0.39, 0.29) is 0 Å². The number of anilines is 2. The van der Waals surface area contributed by atoms with Crippen molar-refractivity contribution in [2.75, 3.05) is 24.2 Å². The van der Waals surface area contributed by atoms with Crippen molar-refractivity contribution in [1.29, 1.82) is 0 Å². The molecule has 0 bridgehead atoms. The van der Waals surface area contributed by atoms with E-state index in [9.17, 15) is 0 Å². The number of hydrogen-bond donors (Lipinski definition) is 2. The van der Waals surface area contributed by atoms with E-state index in [0.29, 0.717) is 5.92 Å². The van der Waals surface area contributed by atoms with E-state index >= 15 is 0 Å². The van der Waals surface area contributed by atoms with Crippen LogP contribution in [0.3, 0.4) is 0 Å². The second-order valence-electron chi connectivity index (χ2n) is 5.13. The second-order valence-corrected chi connectivity index (χ2v) is 5.13. The lowest BCUT2D eigenvalue weighted by Gasteiger charge is -2.30. The maximum atomic E-state index is 4.38. The first kappa shape index (κ1) is 12.9. The van der Waals surface area contributed by atoms with Gasteiger partial charge < -0.3 is 10.6 Å². The third-order valence-electron chi connectivity index (χ3n) is 4.01. The zero-order chi connectivity index (χ0) is 13.9. The quantitative estimate of drug-likeness (QED) is 0.875. The molecule has 0 spiro atoms. The highest BCUT2D eigenvalue weighted by atomic mass is 15.1. The Kier molecular flexibility index (Phi) is 3.54. The van der Waals surface area contributed by atoms with Gasteiger partial charge in [0.1, 0.15) is 18.0 Å². The lowest BCUT2D eigenvalue weighted by molar-refractivity contribution is 0.634. The van der Waals surface area contributed by atoms with Crippen molar-refractivity contribution in [2.45, 2.75) is 25.7 Å². The van der Waals surface area contributed by atoms with Gasteiger partial charge in [-0.05, 0) is 24.0 Å². The summed E-state index contributed by atoms with van der Waals surface area (Å²) in [5.41, 5.74) is 4.11. The van der Waals surface area contributed by atoms with E-state index in [1.54, 1.807) is 6.33 Å². The molecular formula is C16H20N4. The molecule has 0 aliphatic heterocycles. The van der Waals surface area contributed by atoms with E-state index < -0.39 is 0 Å². The van der Waals surface area contributed by atoms with Crippen molar-refractivity contribution in [1.82, 2.24) is 9.97 Å². The van der Waals surface area contributed by atoms with Crippen LogP contribution in [0, 0.1) is 0 Å². The minimum Gasteiger partial charge on any atom is -0.373 e. The Morgan fingerprint density at radius 2 is 2.00 bits per heavy atom. The van der Waals surface area contributed by atoms with Gasteiger partial charge in [-0.1, -0.05) is 31.2 Å². The second kappa shape index (κ2) is 5.49. The summed E-state index contributed by atoms with van der Waals surface area (Å²) in [4.78, 5) is 8.65. The molecule has 4 heteroatoms. The number of fused-ring (bicyclic) bond motifs is 1. The Morgan fingerprint density at radius 3 is 2.75 bits per heavy atom. The molecular weight excluding hydrogens is 248 g/mol. The van der Waals surface area contributed by atoms with E-state index in [1.165, 1.54) is 11.1 Å². The lowest BCUT2D eigenvalue weighted by Crippen LogP contribution is -2.25. The Hall–Kier alpha value is -2.10. The highest BCUT2D eigenvalue weighted by Crippen LogP contribution is 2.35. The molecule has 104 valence electrons. The van der Waals surface area contributed by atoms with E-state index in [0.717, 1.165) is 36.6 Å². The summed E-state index contributed by atoms with van der Waals surface area (Å²) >= 11 is 0. The third-order valence-corrected chi connectivity index (χ3v) is 4.01. The minimum atomic E-state index is 0.601. The highest BCUT2D eigenvalue weighted by Gasteiger charge is 2.25. The van der Waals surface area contributed by atoms with Gasteiger partial charge in [0, 0.05) is 25.1 Å². The number of nitrogens with zero attached hydrogens (tertiary/aromatic N) is 2. The number of aromatic nitrogens is 2. The molecule has 0 saturated heterocycles. The van der Waals surface area contributed by atoms with Gasteiger partial charge >= 0.3 is 0 Å². The predicted octanol–water partition coefficient (Wildman–Crippen LogP) is 2.83. The van der Waals surface area contributed by atoms with Crippen LogP contribution in [0.2, 0.25) is 0 Å². The topological polar surface area (TPSA) is 49.8 Å². The van der Waals surface area contributed by atoms with Gasteiger partial charge in [0.05, 0.1) is 0 Å². The van der Waals surface area contributed by atoms with E-state index in [2.05, 4.69) is 51.8 Å². The van der Waals surface area contributed by atoms with Crippen LogP contribution in [-0.4, -0.2) is 23.6 Å². The van der Waals surface area contributed by atoms with Gasteiger partial charge in [0.25, 0.3) is 0 Å². The van der Waals surface area contributed by atoms with E-state index in [4.69, 9.17) is 0 Å². The van der Waals surface area contributed by atoms with Crippen molar-refractivity contribution in [2.24, 2.45) is 0 Å². The smallest absolute Gasteiger partial charge is 0.134 e. The highest BCUT2D eigenvalue weighted by molar-refractivity contribution is 5.57. The Bertz CT molecular complexity index is 609. The standard InChI is InChI=1S/C16H20N4/c1-3-13-15(17-2)19-10-20-16(13)18-9-12-8-11-6-4-5-7-14(11)12/h4-7,10,12H,3,8-9H2,1-2H3,(H2,17,18,19,20). The molecule has 1 aliphatic carbocycles. The molecule has 0 saturated carbocycles. The molecule has 1 heterocycles. The van der Waals surface area contributed by atoms with Crippen LogP contribution in [-0.2, 0) is 12.8 Å². The molecule has 1 aliphatic rings. The molecule has 2 aromatic rings. The summed E-state index contributed by atoms with van der Waals surface area (Å²) < 4.78 is 0. The molecule has 2 N–H and O–H groups in total. The molecule has 1 aromatic carbocycles. The minimum absolute atomic E-state index is 0.601. The molecule has 0 amide bonds. The first-order valence-corrected chi connectivity index (χ1v) is 7.16. The number of benzene rings is 1. The van der Waals surface area contributed by atoms with Crippen molar-refractivity contribution in [3.8, 4) is 0 Å². The largest absolute Gasteiger partial charge is 0.373 e. The molecule has 0 radical (unpaired) electrons. The summed E-state index contributed by atoms with van der Waals surface area (Å²) in [5, 5.41) is 6.62. The fourth-order valence-corrected chi connectivity index (χ4v) is 2.88. The fourth-order valence-electron chi connectivity index (χ4n) is 2.88. The maximum absolute atomic E-state index is 4.38. The van der Waals surface area contributed by atoms with Crippen molar-refractivity contribution >= 4 is 11.6 Å². The summed E-state index contributed by atoms with van der Waals surface area (Å²) in [6.45, 7) is 3.06. The van der Waals surface area contributed by atoms with Gasteiger partial charge in [0.2, 0.25) is 0 Å². The summed E-state index contributed by atoms with van der Waals surface area (Å²) in [5.74, 6) is 2.47. The van der Waals surface area contributed by atoms with E-state index in [1.807, 2.05) is 7.05 Å². The van der Waals surface area contributed by atoms with Crippen LogP contribution in [0.15, 0.2) is 30.6 Å². The number of nitrogens with one attached hydrogen (secondary N) is 2. The molecule has 0 fully saturated rings. The summed E-state index contributed by atoms with van der Waals surface area (Å²) in [6, 6.07) is 8.67. The van der Waals surface area contributed by atoms with Crippen LogP contribution >= 0.6 is 0 Å². The van der Waals surface area contributed by atoms with Crippen LogP contribution in [0.5, 0.6) is 0 Å². The van der Waals surface area contributed by atoms with Gasteiger partial charge in [-0.3, -0.25) is 0 Å². The normalized spacial score (nSPS) is 16.2. The van der Waals surface area contributed by atoms with Crippen LogP contribution in [0.1, 0.15) is 29.5 Å². The SMILES string of the molecule is CCc1c(NC)ncnc1NCC1Cc2ccccc21. The molecule has 1 atom stereocenters. The Balaban J connectivity index is 1.71. The number of hydrogen-bond acceptors (Lipinski definition) is 4. The summed E-state index contributed by atoms with van der Waals surface area (Å²) in [6.07, 6.45) is 3.69. The van der Waals surface area contributed by atoms with Gasteiger partial charge in [-0.25, -0.2) is 9.97 Å². The summed E-state index contributed by atoms with van der Waals surface area (Å²) in [7, 11) is 1.90. The van der Waals surface area contributed by atoms with Crippen LogP contribution in [0.25, 0.3) is 0 Å². The van der Waals surface area contributed by atoms with Gasteiger partial charge in [0.15, 0.2) is 0 Å². The van der Waals surface area contributed by atoms with Gasteiger partial charge in [-0.15, -0.1) is 0 Å². The molecule has 3 rings (SSSR count).